The van der Waals surface area contributed by atoms with E-state index < -0.39 is 0 Å². The van der Waals surface area contributed by atoms with Crippen LogP contribution < -0.4 is 25.0 Å². The van der Waals surface area contributed by atoms with Gasteiger partial charge in [-0.25, -0.2) is 0 Å². The van der Waals surface area contributed by atoms with Crippen molar-refractivity contribution in [3.8, 4) is 17.2 Å². The SMILES string of the molecule is COc1ccc(NC(=S)N/N=C\c2ccc3c(c2)OCCO3)cc1. The Labute approximate surface area is 145 Å². The molecular formula is C17H17N3O3S. The Morgan fingerprint density at radius 1 is 1.12 bits per heavy atom. The van der Waals surface area contributed by atoms with Crippen LogP contribution in [0.3, 0.4) is 0 Å². The van der Waals surface area contributed by atoms with Gasteiger partial charge in [0.25, 0.3) is 0 Å². The monoisotopic (exact) mass is 343 g/mol. The van der Waals surface area contributed by atoms with Crippen LogP contribution in [0.1, 0.15) is 5.56 Å². The van der Waals surface area contributed by atoms with E-state index in [1.54, 1.807) is 13.3 Å². The highest BCUT2D eigenvalue weighted by Crippen LogP contribution is 2.30. The second-order valence-electron chi connectivity index (χ2n) is 4.96. The van der Waals surface area contributed by atoms with Crippen LogP contribution in [0.15, 0.2) is 47.6 Å². The first-order valence-electron chi connectivity index (χ1n) is 7.38. The third kappa shape index (κ3) is 4.14. The molecule has 7 heteroatoms. The normalized spacial score (nSPS) is 12.7. The van der Waals surface area contributed by atoms with Crippen molar-refractivity contribution in [1.29, 1.82) is 0 Å². The number of nitrogens with one attached hydrogen (secondary N) is 2. The molecule has 0 atom stereocenters. The standard InChI is InChI=1S/C17H17N3O3S/c1-21-14-5-3-13(4-6-14)19-17(24)20-18-11-12-2-7-15-16(10-12)23-9-8-22-15/h2-7,10-11H,8-9H2,1H3,(H2,19,20,24)/b18-11-. The van der Waals surface area contributed by atoms with Gasteiger partial charge in [-0.1, -0.05) is 0 Å². The predicted octanol–water partition coefficient (Wildman–Crippen LogP) is 2.79. The van der Waals surface area contributed by atoms with Gasteiger partial charge in [0.05, 0.1) is 13.3 Å². The highest BCUT2D eigenvalue weighted by molar-refractivity contribution is 7.80. The minimum absolute atomic E-state index is 0.397. The molecule has 0 bridgehead atoms. The molecule has 24 heavy (non-hydrogen) atoms. The molecule has 0 spiro atoms. The van der Waals surface area contributed by atoms with Crippen LogP contribution in [0.5, 0.6) is 17.2 Å². The molecule has 0 aliphatic carbocycles. The van der Waals surface area contributed by atoms with E-state index in [2.05, 4.69) is 15.8 Å². The zero-order valence-electron chi connectivity index (χ0n) is 13.1. The lowest BCUT2D eigenvalue weighted by Gasteiger charge is -2.18. The minimum Gasteiger partial charge on any atom is -0.497 e. The Bertz CT molecular complexity index is 747. The van der Waals surface area contributed by atoms with E-state index >= 15 is 0 Å². The zero-order valence-corrected chi connectivity index (χ0v) is 13.9. The van der Waals surface area contributed by atoms with Crippen LogP contribution in [0.2, 0.25) is 0 Å². The molecule has 2 N–H and O–H groups in total. The molecule has 0 fully saturated rings. The summed E-state index contributed by atoms with van der Waals surface area (Å²) < 4.78 is 16.1. The molecule has 0 amide bonds. The van der Waals surface area contributed by atoms with Gasteiger partial charge in [0.1, 0.15) is 19.0 Å². The van der Waals surface area contributed by atoms with Crippen LogP contribution in [0, 0.1) is 0 Å². The molecule has 6 nitrogen and oxygen atoms in total. The van der Waals surface area contributed by atoms with Crippen molar-refractivity contribution < 1.29 is 14.2 Å². The van der Waals surface area contributed by atoms with Crippen molar-refractivity contribution in [2.24, 2.45) is 5.10 Å². The van der Waals surface area contributed by atoms with Gasteiger partial charge in [0.15, 0.2) is 16.6 Å². The number of hydrogen-bond donors (Lipinski definition) is 2. The first-order valence-corrected chi connectivity index (χ1v) is 7.79. The summed E-state index contributed by atoms with van der Waals surface area (Å²) in [7, 11) is 1.63. The van der Waals surface area contributed by atoms with Crippen LogP contribution in [0.25, 0.3) is 0 Å². The van der Waals surface area contributed by atoms with E-state index in [-0.39, 0.29) is 0 Å². The van der Waals surface area contributed by atoms with Gasteiger partial charge < -0.3 is 19.5 Å². The summed E-state index contributed by atoms with van der Waals surface area (Å²) in [6.07, 6.45) is 1.67. The van der Waals surface area contributed by atoms with Gasteiger partial charge in [-0.2, -0.15) is 5.10 Å². The maximum absolute atomic E-state index is 5.53. The number of fused-ring (bicyclic) bond motifs is 1. The topological polar surface area (TPSA) is 64.1 Å². The fraction of sp³-hybridized carbons (Fsp3) is 0.176. The number of hydrazone groups is 1. The summed E-state index contributed by atoms with van der Waals surface area (Å²) in [6.45, 7) is 1.13. The highest BCUT2D eigenvalue weighted by atomic mass is 32.1. The Morgan fingerprint density at radius 2 is 1.88 bits per heavy atom. The highest BCUT2D eigenvalue weighted by Gasteiger charge is 2.10. The molecule has 2 aromatic rings. The van der Waals surface area contributed by atoms with Gasteiger partial charge in [-0.05, 0) is 60.2 Å². The van der Waals surface area contributed by atoms with Crippen LogP contribution in [0.4, 0.5) is 5.69 Å². The third-order valence-corrected chi connectivity index (χ3v) is 3.49. The first-order chi connectivity index (χ1) is 11.7. The number of nitrogens with zero attached hydrogens (tertiary/aromatic N) is 1. The summed E-state index contributed by atoms with van der Waals surface area (Å²) in [5, 5.41) is 7.55. The van der Waals surface area contributed by atoms with Gasteiger partial charge in [0, 0.05) is 5.69 Å². The van der Waals surface area contributed by atoms with E-state index in [0.717, 1.165) is 28.5 Å². The minimum atomic E-state index is 0.397. The molecule has 0 saturated carbocycles. The van der Waals surface area contributed by atoms with Crippen molar-refractivity contribution in [2.75, 3.05) is 25.6 Å². The summed E-state index contributed by atoms with van der Waals surface area (Å²) in [6, 6.07) is 13.1. The maximum atomic E-state index is 5.53. The summed E-state index contributed by atoms with van der Waals surface area (Å²) >= 11 is 5.20. The van der Waals surface area contributed by atoms with E-state index in [9.17, 15) is 0 Å². The summed E-state index contributed by atoms with van der Waals surface area (Å²) in [5.74, 6) is 2.27. The molecule has 124 valence electrons. The van der Waals surface area contributed by atoms with Crippen molar-refractivity contribution in [1.82, 2.24) is 5.43 Å². The molecular weight excluding hydrogens is 326 g/mol. The molecule has 0 radical (unpaired) electrons. The molecule has 0 unspecified atom stereocenters. The number of thiocarbonyl (C=S) groups is 1. The van der Waals surface area contributed by atoms with Crippen molar-refractivity contribution in [3.05, 3.63) is 48.0 Å². The fourth-order valence-electron chi connectivity index (χ4n) is 2.14. The average Bonchev–Trinajstić information content (AvgIpc) is 2.62. The smallest absolute Gasteiger partial charge is 0.191 e. The van der Waals surface area contributed by atoms with Gasteiger partial charge in [0.2, 0.25) is 0 Å². The largest absolute Gasteiger partial charge is 0.497 e. The Morgan fingerprint density at radius 3 is 2.62 bits per heavy atom. The van der Waals surface area contributed by atoms with E-state index in [1.165, 1.54) is 0 Å². The molecule has 3 rings (SSSR count). The van der Waals surface area contributed by atoms with Crippen molar-refractivity contribution in [2.45, 2.75) is 0 Å². The first kappa shape index (κ1) is 16.1. The van der Waals surface area contributed by atoms with E-state index in [4.69, 9.17) is 26.4 Å². The molecule has 1 heterocycles. The quantitative estimate of drug-likeness (QED) is 0.506. The number of methoxy groups -OCH3 is 1. The van der Waals surface area contributed by atoms with Gasteiger partial charge in [-0.15, -0.1) is 0 Å². The Balaban J connectivity index is 1.54. The number of ether oxygens (including phenoxy) is 3. The second kappa shape index (κ2) is 7.65. The van der Waals surface area contributed by atoms with Crippen LogP contribution in [-0.2, 0) is 0 Å². The molecule has 2 aromatic carbocycles. The summed E-state index contributed by atoms with van der Waals surface area (Å²) in [4.78, 5) is 0. The van der Waals surface area contributed by atoms with E-state index in [1.807, 2.05) is 42.5 Å². The maximum Gasteiger partial charge on any atom is 0.191 e. The molecule has 0 aromatic heterocycles. The average molecular weight is 343 g/mol. The zero-order chi connectivity index (χ0) is 16.8. The number of anilines is 1. The number of benzene rings is 2. The van der Waals surface area contributed by atoms with Crippen molar-refractivity contribution >= 4 is 29.2 Å². The number of rotatable bonds is 4. The van der Waals surface area contributed by atoms with E-state index in [0.29, 0.717) is 18.3 Å². The lowest BCUT2D eigenvalue weighted by atomic mass is 10.2. The lowest BCUT2D eigenvalue weighted by molar-refractivity contribution is 0.171. The molecule has 0 saturated heterocycles. The summed E-state index contributed by atoms with van der Waals surface area (Å²) in [5.41, 5.74) is 4.51. The lowest BCUT2D eigenvalue weighted by Crippen LogP contribution is -2.23. The molecule has 1 aliphatic rings. The second-order valence-corrected chi connectivity index (χ2v) is 5.36. The number of hydrogen-bond acceptors (Lipinski definition) is 5. The fourth-order valence-corrected chi connectivity index (χ4v) is 2.31. The Kier molecular flexibility index (Phi) is 5.12. The Hall–Kier alpha value is -2.80. The van der Waals surface area contributed by atoms with Crippen LogP contribution >= 0.6 is 12.2 Å². The molecule has 1 aliphatic heterocycles. The predicted molar refractivity (Wildman–Crippen MR) is 97.4 cm³/mol. The van der Waals surface area contributed by atoms with Crippen LogP contribution in [-0.4, -0.2) is 31.7 Å². The van der Waals surface area contributed by atoms with Crippen molar-refractivity contribution in [3.63, 3.8) is 0 Å². The third-order valence-electron chi connectivity index (χ3n) is 3.29. The van der Waals surface area contributed by atoms with Gasteiger partial charge >= 0.3 is 0 Å². The van der Waals surface area contributed by atoms with Gasteiger partial charge in [-0.3, -0.25) is 5.43 Å².